The molecule has 6 nitrogen and oxygen atoms in total. The summed E-state index contributed by atoms with van der Waals surface area (Å²) in [6.45, 7) is 3.29. The summed E-state index contributed by atoms with van der Waals surface area (Å²) in [5.41, 5.74) is 2.58. The Morgan fingerprint density at radius 2 is 1.81 bits per heavy atom. The Labute approximate surface area is 158 Å². The molecule has 3 aromatic rings. The van der Waals surface area contributed by atoms with Crippen LogP contribution in [0.4, 0.5) is 5.69 Å². The summed E-state index contributed by atoms with van der Waals surface area (Å²) in [5.74, 6) is -0.448. The summed E-state index contributed by atoms with van der Waals surface area (Å²) in [6, 6.07) is 14.3. The van der Waals surface area contributed by atoms with Gasteiger partial charge in [-0.05, 0) is 37.6 Å². The minimum Gasteiger partial charge on any atom is -0.352 e. The molecule has 138 valence electrons. The zero-order valence-electron chi connectivity index (χ0n) is 15.2. The second-order valence-corrected chi connectivity index (χ2v) is 6.28. The smallest absolute Gasteiger partial charge is 0.255 e. The first kappa shape index (κ1) is 18.4. The monoisotopic (exact) mass is 362 g/mol. The highest BCUT2D eigenvalue weighted by Gasteiger charge is 2.13. The van der Waals surface area contributed by atoms with Gasteiger partial charge in [0, 0.05) is 31.0 Å². The predicted molar refractivity (Wildman–Crippen MR) is 105 cm³/mol. The Balaban J connectivity index is 1.59. The molecule has 0 fully saturated rings. The maximum absolute atomic E-state index is 12.5. The van der Waals surface area contributed by atoms with Gasteiger partial charge in [-0.3, -0.25) is 9.59 Å². The van der Waals surface area contributed by atoms with Crippen LogP contribution in [0.5, 0.6) is 0 Å². The Bertz CT molecular complexity index is 902. The van der Waals surface area contributed by atoms with E-state index >= 15 is 0 Å². The summed E-state index contributed by atoms with van der Waals surface area (Å²) < 4.78 is 1.96. The van der Waals surface area contributed by atoms with Gasteiger partial charge in [-0.2, -0.15) is 0 Å². The first-order valence-electron chi connectivity index (χ1n) is 8.84. The zero-order valence-corrected chi connectivity index (χ0v) is 15.2. The van der Waals surface area contributed by atoms with Crippen molar-refractivity contribution >= 4 is 17.5 Å². The Morgan fingerprint density at radius 1 is 1.04 bits per heavy atom. The van der Waals surface area contributed by atoms with Crippen molar-refractivity contribution in [2.24, 2.45) is 0 Å². The number of nitrogens with one attached hydrogen (secondary N) is 2. The normalized spacial score (nSPS) is 10.4. The highest BCUT2D eigenvalue weighted by Crippen LogP contribution is 2.16. The van der Waals surface area contributed by atoms with Crippen molar-refractivity contribution in [2.75, 3.05) is 11.9 Å². The van der Waals surface area contributed by atoms with Crippen LogP contribution in [0.2, 0.25) is 0 Å². The van der Waals surface area contributed by atoms with Gasteiger partial charge in [0.2, 0.25) is 0 Å². The fraction of sp³-hybridized carbons (Fsp3) is 0.190. The van der Waals surface area contributed by atoms with Crippen LogP contribution >= 0.6 is 0 Å². The molecule has 27 heavy (non-hydrogen) atoms. The lowest BCUT2D eigenvalue weighted by Crippen LogP contribution is -2.26. The van der Waals surface area contributed by atoms with Gasteiger partial charge in [0.1, 0.15) is 0 Å². The molecule has 0 aliphatic heterocycles. The number of anilines is 1. The van der Waals surface area contributed by atoms with Crippen molar-refractivity contribution < 1.29 is 9.59 Å². The maximum atomic E-state index is 12.5. The molecule has 0 bridgehead atoms. The van der Waals surface area contributed by atoms with Crippen molar-refractivity contribution in [2.45, 2.75) is 19.9 Å². The molecule has 0 aliphatic rings. The first-order chi connectivity index (χ1) is 13.1. The average molecular weight is 362 g/mol. The second kappa shape index (κ2) is 8.80. The number of hydrogen-bond donors (Lipinski definition) is 2. The summed E-state index contributed by atoms with van der Waals surface area (Å²) in [7, 11) is 0. The Kier molecular flexibility index (Phi) is 5.99. The topological polar surface area (TPSA) is 76.0 Å². The molecule has 1 heterocycles. The molecular weight excluding hydrogens is 340 g/mol. The fourth-order valence-electron chi connectivity index (χ4n) is 2.67. The molecule has 2 aromatic carbocycles. The van der Waals surface area contributed by atoms with E-state index < -0.39 is 0 Å². The lowest BCUT2D eigenvalue weighted by atomic mass is 10.1. The number of benzene rings is 2. The van der Waals surface area contributed by atoms with Gasteiger partial charge in [-0.25, -0.2) is 4.98 Å². The zero-order chi connectivity index (χ0) is 19.1. The molecule has 1 aromatic heterocycles. The molecule has 6 heteroatoms. The van der Waals surface area contributed by atoms with Crippen molar-refractivity contribution in [1.29, 1.82) is 0 Å². The van der Waals surface area contributed by atoms with E-state index in [2.05, 4.69) is 15.6 Å². The number of amides is 2. The SMILES string of the molecule is Cc1ccc(C(=O)Nc2ccccc2C(=O)NCCCn2ccnc2)cc1. The van der Waals surface area contributed by atoms with Crippen LogP contribution in [-0.2, 0) is 6.54 Å². The first-order valence-corrected chi connectivity index (χ1v) is 8.84. The number of aromatic nitrogens is 2. The molecule has 3 rings (SSSR count). The van der Waals surface area contributed by atoms with E-state index in [0.717, 1.165) is 18.5 Å². The third-order valence-corrected chi connectivity index (χ3v) is 4.17. The van der Waals surface area contributed by atoms with Crippen LogP contribution in [0.1, 0.15) is 32.7 Å². The number of rotatable bonds is 7. The summed E-state index contributed by atoms with van der Waals surface area (Å²) in [5, 5.41) is 5.73. The number of imidazole rings is 1. The highest BCUT2D eigenvalue weighted by molar-refractivity contribution is 6.09. The van der Waals surface area contributed by atoms with Gasteiger partial charge in [0.25, 0.3) is 11.8 Å². The molecule has 0 saturated heterocycles. The van der Waals surface area contributed by atoms with Crippen LogP contribution < -0.4 is 10.6 Å². The summed E-state index contributed by atoms with van der Waals surface area (Å²) in [6.07, 6.45) is 6.15. The van der Waals surface area contributed by atoms with Gasteiger partial charge < -0.3 is 15.2 Å². The largest absolute Gasteiger partial charge is 0.352 e. The molecule has 2 amide bonds. The van der Waals surface area contributed by atoms with E-state index in [1.54, 1.807) is 48.9 Å². The molecule has 2 N–H and O–H groups in total. The quantitative estimate of drug-likeness (QED) is 0.634. The van der Waals surface area contributed by atoms with E-state index in [9.17, 15) is 9.59 Å². The standard InChI is InChI=1S/C21H22N4O2/c1-16-7-9-17(10-8-16)20(26)24-19-6-3-2-5-18(19)21(27)23-11-4-13-25-14-12-22-15-25/h2-3,5-10,12,14-15H,4,11,13H2,1H3,(H,23,27)(H,24,26). The van der Waals surface area contributed by atoms with E-state index in [0.29, 0.717) is 23.4 Å². The number of para-hydroxylation sites is 1. The molecule has 0 spiro atoms. The lowest BCUT2D eigenvalue weighted by molar-refractivity contribution is 0.0953. The second-order valence-electron chi connectivity index (χ2n) is 6.28. The van der Waals surface area contributed by atoms with Crippen LogP contribution in [0.15, 0.2) is 67.3 Å². The Morgan fingerprint density at radius 3 is 2.56 bits per heavy atom. The lowest BCUT2D eigenvalue weighted by Gasteiger charge is -2.12. The van der Waals surface area contributed by atoms with Crippen molar-refractivity contribution in [3.63, 3.8) is 0 Å². The van der Waals surface area contributed by atoms with Crippen LogP contribution in [0.25, 0.3) is 0 Å². The predicted octanol–water partition coefficient (Wildman–Crippen LogP) is 3.26. The number of carbonyl (C=O) groups excluding carboxylic acids is 2. The number of hydrogen-bond acceptors (Lipinski definition) is 3. The molecule has 0 aliphatic carbocycles. The average Bonchev–Trinajstić information content (AvgIpc) is 3.19. The fourth-order valence-corrected chi connectivity index (χ4v) is 2.67. The van der Waals surface area contributed by atoms with Gasteiger partial charge in [0.15, 0.2) is 0 Å². The van der Waals surface area contributed by atoms with E-state index in [1.807, 2.05) is 29.8 Å². The van der Waals surface area contributed by atoms with Crippen molar-refractivity contribution in [3.05, 3.63) is 83.9 Å². The van der Waals surface area contributed by atoms with E-state index in [1.165, 1.54) is 0 Å². The van der Waals surface area contributed by atoms with Gasteiger partial charge in [-0.15, -0.1) is 0 Å². The van der Waals surface area contributed by atoms with Crippen LogP contribution in [-0.4, -0.2) is 27.9 Å². The summed E-state index contributed by atoms with van der Waals surface area (Å²) in [4.78, 5) is 28.9. The molecule has 0 radical (unpaired) electrons. The van der Waals surface area contributed by atoms with Gasteiger partial charge in [-0.1, -0.05) is 29.8 Å². The third kappa shape index (κ3) is 5.04. The van der Waals surface area contributed by atoms with Crippen LogP contribution in [0.3, 0.4) is 0 Å². The number of nitrogens with zero attached hydrogens (tertiary/aromatic N) is 2. The molecule has 0 unspecified atom stereocenters. The minimum absolute atomic E-state index is 0.208. The molecular formula is C21H22N4O2. The minimum atomic E-state index is -0.240. The maximum Gasteiger partial charge on any atom is 0.255 e. The highest BCUT2D eigenvalue weighted by atomic mass is 16.2. The van der Waals surface area contributed by atoms with E-state index in [4.69, 9.17) is 0 Å². The molecule has 0 saturated carbocycles. The summed E-state index contributed by atoms with van der Waals surface area (Å²) >= 11 is 0. The number of carbonyl (C=O) groups is 2. The number of aryl methyl sites for hydroxylation is 2. The molecule has 0 atom stereocenters. The van der Waals surface area contributed by atoms with Crippen molar-refractivity contribution in [3.8, 4) is 0 Å². The van der Waals surface area contributed by atoms with Crippen LogP contribution in [0, 0.1) is 6.92 Å². The van der Waals surface area contributed by atoms with Gasteiger partial charge >= 0.3 is 0 Å². The third-order valence-electron chi connectivity index (χ3n) is 4.17. The van der Waals surface area contributed by atoms with E-state index in [-0.39, 0.29) is 11.8 Å². The van der Waals surface area contributed by atoms with Crippen molar-refractivity contribution in [1.82, 2.24) is 14.9 Å². The van der Waals surface area contributed by atoms with Gasteiger partial charge in [0.05, 0.1) is 17.6 Å². The Hall–Kier alpha value is -3.41.